The first-order valence-corrected chi connectivity index (χ1v) is 35.2. The van der Waals surface area contributed by atoms with Gasteiger partial charge in [-0.1, -0.05) is 78.9 Å². The van der Waals surface area contributed by atoms with Gasteiger partial charge in [0, 0.05) is 56.9 Å². The molecule has 2 amide bonds. The van der Waals surface area contributed by atoms with Crippen molar-refractivity contribution in [1.82, 2.24) is 92.1 Å². The molecule has 34 heteroatoms. The van der Waals surface area contributed by atoms with Crippen LogP contribution in [0.4, 0.5) is 39.3 Å². The van der Waals surface area contributed by atoms with Gasteiger partial charge in [0.1, 0.15) is 58.4 Å². The van der Waals surface area contributed by atoms with Crippen molar-refractivity contribution < 1.29 is 28.5 Å². The van der Waals surface area contributed by atoms with Crippen molar-refractivity contribution in [3.8, 4) is 69.4 Å². The van der Waals surface area contributed by atoms with E-state index in [1.807, 2.05) is 109 Å². The van der Waals surface area contributed by atoms with E-state index in [4.69, 9.17) is 36.1 Å². The zero-order chi connectivity index (χ0) is 79.0. The molecule has 9 heterocycles. The molecule has 9 aromatic heterocycles. The van der Waals surface area contributed by atoms with Crippen molar-refractivity contribution in [2.24, 2.45) is 0 Å². The number of fused-ring (bicyclic) bond motifs is 3. The summed E-state index contributed by atoms with van der Waals surface area (Å²) in [7, 11) is 7.14. The molecule has 0 saturated heterocycles. The molecule has 7 N–H and O–H groups in total. The number of rotatable bonds is 19. The number of carbonyl (C=O) groups excluding carboxylic acids is 2. The molecular weight excluding hydrogens is 1440 g/mol. The van der Waals surface area contributed by atoms with Crippen LogP contribution in [0.15, 0.2) is 246 Å². The van der Waals surface area contributed by atoms with Crippen LogP contribution >= 0.6 is 0 Å². The topological polar surface area (TPSA) is 406 Å². The van der Waals surface area contributed by atoms with Gasteiger partial charge in [0.2, 0.25) is 23.8 Å². The van der Waals surface area contributed by atoms with Crippen LogP contribution in [0.25, 0.3) is 68.4 Å². The highest BCUT2D eigenvalue weighted by Crippen LogP contribution is 2.31. The number of para-hydroxylation sites is 3. The quantitative estimate of drug-likeness (QED) is 0.0546. The number of imidazole rings is 3. The molecule has 0 unspecified atom stereocenters. The van der Waals surface area contributed by atoms with Gasteiger partial charge < -0.3 is 46.4 Å². The number of hydrogen-bond acceptors (Lipinski definition) is 26. The number of likely N-dealkylation sites (N-methyl/N-ethyl adjacent to an activating group) is 2. The van der Waals surface area contributed by atoms with Crippen LogP contribution in [-0.2, 0) is 9.53 Å². The van der Waals surface area contributed by atoms with Crippen LogP contribution in [0.2, 0.25) is 0 Å². The average Bonchev–Trinajstić information content (AvgIpc) is 1.60. The summed E-state index contributed by atoms with van der Waals surface area (Å²) in [5.74, 6) is 3.54. The van der Waals surface area contributed by atoms with Gasteiger partial charge in [-0.25, -0.2) is 106 Å². The van der Waals surface area contributed by atoms with E-state index in [0.29, 0.717) is 86.7 Å². The lowest BCUT2D eigenvalue weighted by atomic mass is 10.2. The monoisotopic (exact) mass is 1520 g/mol. The van der Waals surface area contributed by atoms with Gasteiger partial charge in [0.15, 0.2) is 51.6 Å². The summed E-state index contributed by atoms with van der Waals surface area (Å²) < 4.78 is 30.7. The van der Waals surface area contributed by atoms with Gasteiger partial charge in [-0.2, -0.15) is 0 Å². The largest absolute Gasteiger partial charge is 0.454 e. The molecule has 6 aromatic carbocycles. The Morgan fingerprint density at radius 2 is 0.805 bits per heavy atom. The Morgan fingerprint density at radius 3 is 1.16 bits per heavy atom. The smallest absolute Gasteiger partial charge is 0.414 e. The minimum Gasteiger partial charge on any atom is -0.454 e. The Hall–Kier alpha value is -15.4. The highest BCUT2D eigenvalue weighted by molar-refractivity contribution is 6.01. The number of nitrogens with zero attached hydrogens (tertiary/aromatic N) is 21. The number of carbonyl (C=O) groups is 2. The lowest BCUT2D eigenvalue weighted by molar-refractivity contribution is -0.113. The number of nitrogen functional groups attached to an aromatic ring is 3. The fourth-order valence-corrected chi connectivity index (χ4v) is 11.8. The highest BCUT2D eigenvalue weighted by atomic mass is 16.6. The van der Waals surface area contributed by atoms with Crippen LogP contribution in [0.3, 0.4) is 0 Å². The van der Waals surface area contributed by atoms with Crippen LogP contribution < -0.4 is 63.6 Å². The molecule has 0 radical (unpaired) electrons. The maximum Gasteiger partial charge on any atom is 0.414 e. The zero-order valence-corrected chi connectivity index (χ0v) is 61.9. The second-order valence-electron chi connectivity index (χ2n) is 26.4. The standard InChI is InChI=1S/C30H29N9O3.C27H26N8O4.C22H18N8O2/c1-36(20-13-14-20)15-7-12-25(40)37(2)21-8-6-9-22(16-21)38-28-26(27(31)34-19-35-28)39(30(38)41)29-32-17-24(18-33-29)42-23-10-4-3-5-11-23;1-27(2,3)39-26(37)33(4)17-9-8-10-18(13-17)34-23-21(22(28)31-16-32-23)35(25(34)36)24-29-14-20(15-30-24)38-19-11-6-5-7-12-19;1-24-14-6-5-7-15(10-14)29-20-18(19(23)27-13-28-20)30(22(29)31)21-25-11-17(12-26-21)32-16-8-3-2-4-9-16/h3-12,16-20H,13-15H2,1-2H3,(H2,31,34,35);5-16H,1-4H3,(H2,28,31,32);2-13,24H,1H3,(H2,23,27,28)/b12-7+;;. The van der Waals surface area contributed by atoms with Crippen molar-refractivity contribution in [3.05, 3.63) is 264 Å². The van der Waals surface area contributed by atoms with E-state index >= 15 is 0 Å². The molecule has 1 aliphatic carbocycles. The summed E-state index contributed by atoms with van der Waals surface area (Å²) >= 11 is 0. The van der Waals surface area contributed by atoms with E-state index < -0.39 is 28.8 Å². The Kier molecular flexibility index (Phi) is 21.2. The van der Waals surface area contributed by atoms with Crippen molar-refractivity contribution in [3.63, 3.8) is 0 Å². The molecule has 1 fully saturated rings. The first-order valence-electron chi connectivity index (χ1n) is 35.2. The molecule has 15 aromatic rings. The highest BCUT2D eigenvalue weighted by Gasteiger charge is 2.29. The third-order valence-electron chi connectivity index (χ3n) is 17.5. The summed E-state index contributed by atoms with van der Waals surface area (Å²) in [5.41, 5.74) is 21.6. The van der Waals surface area contributed by atoms with E-state index in [1.165, 1.54) is 106 Å². The van der Waals surface area contributed by atoms with Crippen LogP contribution in [-0.4, -0.2) is 150 Å². The van der Waals surface area contributed by atoms with Crippen LogP contribution in [0.5, 0.6) is 34.5 Å². The summed E-state index contributed by atoms with van der Waals surface area (Å²) in [6, 6.07) is 49.6. The second kappa shape index (κ2) is 32.2. The van der Waals surface area contributed by atoms with E-state index in [-0.39, 0.29) is 63.5 Å². The summed E-state index contributed by atoms with van der Waals surface area (Å²) in [6.45, 7) is 6.07. The van der Waals surface area contributed by atoms with Gasteiger partial charge in [-0.15, -0.1) is 0 Å². The SMILES string of the molecule is CN(C(=O)/C=C/CN(C)C1CC1)c1cccc(-n2c(=O)n(-c3ncc(Oc4ccccc4)cn3)c3c(N)ncnc32)c1.CN(C(=O)OC(C)(C)C)c1cccc(-n2c(=O)n(-c3ncc(Oc4ccccc4)cn3)c3c(N)ncnc32)c1.CNc1cccc(-n2c(=O)n(-c3ncc(Oc4ccccc4)cn3)c3c(N)ncnc32)c1. The maximum absolute atomic E-state index is 13.9. The molecule has 568 valence electrons. The second-order valence-corrected chi connectivity index (χ2v) is 26.4. The summed E-state index contributed by atoms with van der Waals surface area (Å²) in [5, 5.41) is 3.06. The fraction of sp³-hybridized carbons (Fsp3) is 0.152. The van der Waals surface area contributed by atoms with Gasteiger partial charge >= 0.3 is 23.2 Å². The maximum atomic E-state index is 13.9. The predicted octanol–water partition coefficient (Wildman–Crippen LogP) is 10.2. The van der Waals surface area contributed by atoms with E-state index in [0.717, 1.165) is 5.69 Å². The number of hydrogen-bond donors (Lipinski definition) is 4. The molecule has 1 saturated carbocycles. The molecule has 16 rings (SSSR count). The van der Waals surface area contributed by atoms with Crippen molar-refractivity contribution >= 4 is 80.0 Å². The fourth-order valence-electron chi connectivity index (χ4n) is 11.8. The Balaban J connectivity index is 0.000000142. The first kappa shape index (κ1) is 74.5. The van der Waals surface area contributed by atoms with Gasteiger partial charge in [0.25, 0.3) is 0 Å². The lowest BCUT2D eigenvalue weighted by Crippen LogP contribution is -2.34. The van der Waals surface area contributed by atoms with Gasteiger partial charge in [-0.05, 0) is 132 Å². The molecule has 113 heavy (non-hydrogen) atoms. The number of anilines is 6. The molecule has 0 bridgehead atoms. The van der Waals surface area contributed by atoms with Crippen molar-refractivity contribution in [2.75, 3.05) is 67.1 Å². The van der Waals surface area contributed by atoms with E-state index in [2.05, 4.69) is 77.1 Å². The number of benzene rings is 6. The minimum atomic E-state index is -0.663. The third kappa shape index (κ3) is 16.3. The number of nitrogens with two attached hydrogens (primary N) is 3. The summed E-state index contributed by atoms with van der Waals surface area (Å²) in [6.07, 6.45) is 18.0. The molecule has 0 spiro atoms. The van der Waals surface area contributed by atoms with Gasteiger partial charge in [-0.3, -0.25) is 14.6 Å². The Bertz CT molecular complexity index is 6190. The Labute approximate surface area is 643 Å². The number of amides is 2. The third-order valence-corrected chi connectivity index (χ3v) is 17.5. The molecular formula is C79H73N25O9. The predicted molar refractivity (Wildman–Crippen MR) is 425 cm³/mol. The number of nitrogens with one attached hydrogen (secondary N) is 1. The van der Waals surface area contributed by atoms with Crippen LogP contribution in [0, 0.1) is 0 Å². The van der Waals surface area contributed by atoms with Crippen molar-refractivity contribution in [2.45, 2.75) is 45.3 Å². The zero-order valence-electron chi connectivity index (χ0n) is 61.9. The normalized spacial score (nSPS) is 11.9. The van der Waals surface area contributed by atoms with E-state index in [9.17, 15) is 24.0 Å². The minimum absolute atomic E-state index is 0.0627. The van der Waals surface area contributed by atoms with Gasteiger partial charge in [0.05, 0.1) is 54.2 Å². The molecule has 0 atom stereocenters. The molecule has 1 aliphatic rings. The number of ether oxygens (including phenoxy) is 4. The van der Waals surface area contributed by atoms with Crippen molar-refractivity contribution in [1.29, 1.82) is 0 Å². The Morgan fingerprint density at radius 1 is 0.451 bits per heavy atom. The van der Waals surface area contributed by atoms with E-state index in [1.54, 1.807) is 109 Å². The van der Waals surface area contributed by atoms with Crippen LogP contribution in [0.1, 0.15) is 33.6 Å². The average molecular weight is 1520 g/mol. The first-order chi connectivity index (χ1) is 54.7. The number of aromatic nitrogens is 18. The molecule has 0 aliphatic heterocycles. The summed E-state index contributed by atoms with van der Waals surface area (Å²) in [4.78, 5) is 123. The molecule has 34 nitrogen and oxygen atoms in total. The lowest BCUT2D eigenvalue weighted by Gasteiger charge is -2.25.